The third-order valence-corrected chi connectivity index (χ3v) is 2.68. The van der Waals surface area contributed by atoms with Crippen LogP contribution in [0.3, 0.4) is 0 Å². The number of amides is 1. The van der Waals surface area contributed by atoms with Crippen molar-refractivity contribution < 1.29 is 14.3 Å². The van der Waals surface area contributed by atoms with E-state index in [4.69, 9.17) is 4.74 Å². The fourth-order valence-corrected chi connectivity index (χ4v) is 1.65. The van der Waals surface area contributed by atoms with Gasteiger partial charge in [-0.15, -0.1) is 0 Å². The van der Waals surface area contributed by atoms with E-state index in [0.717, 1.165) is 10.0 Å². The molecule has 0 saturated heterocycles. The van der Waals surface area contributed by atoms with Gasteiger partial charge in [0.05, 0.1) is 12.2 Å². The molecule has 19 heavy (non-hydrogen) atoms. The highest BCUT2D eigenvalue weighted by atomic mass is 79.9. The number of benzene rings is 1. The summed E-state index contributed by atoms with van der Waals surface area (Å²) in [6, 6.07) is 5.28. The number of hydrogen-bond acceptors (Lipinski definition) is 4. The van der Waals surface area contributed by atoms with Crippen molar-refractivity contribution in [2.24, 2.45) is 4.99 Å². The second-order valence-electron chi connectivity index (χ2n) is 4.85. The van der Waals surface area contributed by atoms with Crippen LogP contribution in [0.15, 0.2) is 27.7 Å². The van der Waals surface area contributed by atoms with E-state index < -0.39 is 11.7 Å². The average Bonchev–Trinajstić information content (AvgIpc) is 2.27. The van der Waals surface area contributed by atoms with E-state index in [9.17, 15) is 9.59 Å². The Morgan fingerprint density at radius 3 is 2.74 bits per heavy atom. The third-order valence-electron chi connectivity index (χ3n) is 1.99. The molecular weight excluding hydrogens is 312 g/mol. The molecule has 0 aliphatic heterocycles. The van der Waals surface area contributed by atoms with Gasteiger partial charge in [-0.1, -0.05) is 6.07 Å². The normalized spacial score (nSPS) is 10.5. The Labute approximate surface area is 120 Å². The summed E-state index contributed by atoms with van der Waals surface area (Å²) in [6.45, 7) is 5.59. The Morgan fingerprint density at radius 1 is 1.47 bits per heavy atom. The fraction of sp³-hybridized carbons (Fsp3) is 0.385. The van der Waals surface area contributed by atoms with E-state index in [-0.39, 0.29) is 6.54 Å². The lowest BCUT2D eigenvalue weighted by molar-refractivity contribution is 0.0636. The number of carbonyl (C=O) groups is 1. The maximum Gasteiger partial charge on any atom is 0.412 e. The number of isocyanates is 1. The van der Waals surface area contributed by atoms with E-state index in [0.29, 0.717) is 5.69 Å². The van der Waals surface area contributed by atoms with Gasteiger partial charge in [0, 0.05) is 4.47 Å². The number of halogens is 1. The molecule has 1 amide bonds. The van der Waals surface area contributed by atoms with E-state index in [1.165, 1.54) is 6.08 Å². The van der Waals surface area contributed by atoms with Crippen LogP contribution in [0.2, 0.25) is 0 Å². The molecule has 0 spiro atoms. The predicted octanol–water partition coefficient (Wildman–Crippen LogP) is 3.63. The first-order valence-corrected chi connectivity index (χ1v) is 6.43. The molecule has 0 radical (unpaired) electrons. The first kappa shape index (κ1) is 15.4. The van der Waals surface area contributed by atoms with Crippen molar-refractivity contribution in [3.8, 4) is 0 Å². The molecule has 0 aliphatic carbocycles. The van der Waals surface area contributed by atoms with E-state index in [1.54, 1.807) is 39.0 Å². The SMILES string of the molecule is CC(C)(C)OC(=O)Nc1cc(CN=C=O)ccc1Br. The average molecular weight is 327 g/mol. The molecule has 0 atom stereocenters. The van der Waals surface area contributed by atoms with Crippen molar-refractivity contribution in [3.63, 3.8) is 0 Å². The number of aliphatic imine (C=N–C) groups is 1. The molecule has 0 saturated carbocycles. The van der Waals surface area contributed by atoms with E-state index in [1.807, 2.05) is 0 Å². The molecule has 0 unspecified atom stereocenters. The Hall–Kier alpha value is -1.65. The highest BCUT2D eigenvalue weighted by Crippen LogP contribution is 2.24. The minimum atomic E-state index is -0.560. The zero-order chi connectivity index (χ0) is 14.5. The third kappa shape index (κ3) is 5.68. The monoisotopic (exact) mass is 326 g/mol. The van der Waals surface area contributed by atoms with Gasteiger partial charge < -0.3 is 4.74 Å². The quantitative estimate of drug-likeness (QED) is 0.681. The summed E-state index contributed by atoms with van der Waals surface area (Å²) >= 11 is 3.33. The molecule has 6 heteroatoms. The van der Waals surface area contributed by atoms with Crippen LogP contribution in [0.25, 0.3) is 0 Å². The van der Waals surface area contributed by atoms with Crippen molar-refractivity contribution in [2.75, 3.05) is 5.32 Å². The molecule has 1 aromatic rings. The molecular formula is C13H15BrN2O3. The molecule has 102 valence electrons. The molecule has 0 heterocycles. The minimum absolute atomic E-state index is 0.222. The van der Waals surface area contributed by atoms with Gasteiger partial charge in [0.1, 0.15) is 5.60 Å². The number of nitrogens with one attached hydrogen (secondary N) is 1. The van der Waals surface area contributed by atoms with Crippen LogP contribution in [0.4, 0.5) is 10.5 Å². The summed E-state index contributed by atoms with van der Waals surface area (Å²) in [5, 5.41) is 2.64. The number of hydrogen-bond donors (Lipinski definition) is 1. The lowest BCUT2D eigenvalue weighted by atomic mass is 10.2. The molecule has 5 nitrogen and oxygen atoms in total. The fourth-order valence-electron chi connectivity index (χ4n) is 1.30. The van der Waals surface area contributed by atoms with Gasteiger partial charge in [-0.25, -0.2) is 14.6 Å². The molecule has 0 bridgehead atoms. The van der Waals surface area contributed by atoms with Gasteiger partial charge in [-0.3, -0.25) is 5.32 Å². The number of anilines is 1. The number of carbonyl (C=O) groups excluding carboxylic acids is 2. The predicted molar refractivity (Wildman–Crippen MR) is 75.8 cm³/mol. The van der Waals surface area contributed by atoms with Crippen LogP contribution >= 0.6 is 15.9 Å². The first-order chi connectivity index (χ1) is 8.81. The lowest BCUT2D eigenvalue weighted by Gasteiger charge is -2.20. The van der Waals surface area contributed by atoms with Crippen LogP contribution in [0.5, 0.6) is 0 Å². The minimum Gasteiger partial charge on any atom is -0.444 e. The topological polar surface area (TPSA) is 67.8 Å². The maximum absolute atomic E-state index is 11.7. The van der Waals surface area contributed by atoms with Crippen LogP contribution in [0.1, 0.15) is 26.3 Å². The van der Waals surface area contributed by atoms with Crippen molar-refractivity contribution in [1.82, 2.24) is 0 Å². The summed E-state index contributed by atoms with van der Waals surface area (Å²) in [4.78, 5) is 25.2. The summed E-state index contributed by atoms with van der Waals surface area (Å²) < 4.78 is 5.88. The number of ether oxygens (including phenoxy) is 1. The zero-order valence-electron chi connectivity index (χ0n) is 11.0. The molecule has 1 N–H and O–H groups in total. The molecule has 1 rings (SSSR count). The van der Waals surface area contributed by atoms with Gasteiger partial charge in [-0.05, 0) is 54.4 Å². The highest BCUT2D eigenvalue weighted by molar-refractivity contribution is 9.10. The van der Waals surface area contributed by atoms with E-state index in [2.05, 4.69) is 26.2 Å². The largest absolute Gasteiger partial charge is 0.444 e. The van der Waals surface area contributed by atoms with E-state index >= 15 is 0 Å². The Balaban J connectivity index is 2.82. The highest BCUT2D eigenvalue weighted by Gasteiger charge is 2.17. The van der Waals surface area contributed by atoms with Gasteiger partial charge in [0.25, 0.3) is 0 Å². The first-order valence-electron chi connectivity index (χ1n) is 5.64. The Kier molecular flexibility index (Phi) is 5.27. The van der Waals surface area contributed by atoms with Crippen molar-refractivity contribution in [1.29, 1.82) is 0 Å². The Morgan fingerprint density at radius 2 is 2.16 bits per heavy atom. The zero-order valence-corrected chi connectivity index (χ0v) is 12.6. The summed E-state index contributed by atoms with van der Waals surface area (Å²) in [7, 11) is 0. The van der Waals surface area contributed by atoms with Crippen molar-refractivity contribution >= 4 is 33.8 Å². The molecule has 0 fully saturated rings. The molecule has 1 aromatic carbocycles. The standard InChI is InChI=1S/C13H15BrN2O3/c1-13(2,3)19-12(18)16-11-6-9(7-15-8-17)4-5-10(11)14/h4-6H,7H2,1-3H3,(H,16,18). The number of rotatable bonds is 3. The van der Waals surface area contributed by atoms with Gasteiger partial charge in [0.2, 0.25) is 6.08 Å². The van der Waals surface area contributed by atoms with Crippen molar-refractivity contribution in [3.05, 3.63) is 28.2 Å². The van der Waals surface area contributed by atoms with Crippen LogP contribution < -0.4 is 5.32 Å². The van der Waals surface area contributed by atoms with Gasteiger partial charge >= 0.3 is 6.09 Å². The van der Waals surface area contributed by atoms with Gasteiger partial charge in [-0.2, -0.15) is 0 Å². The maximum atomic E-state index is 11.7. The second-order valence-corrected chi connectivity index (χ2v) is 5.70. The second kappa shape index (κ2) is 6.50. The van der Waals surface area contributed by atoms with Crippen LogP contribution in [0, 0.1) is 0 Å². The Bertz CT molecular complexity index is 517. The molecule has 0 aliphatic rings. The van der Waals surface area contributed by atoms with Crippen LogP contribution in [-0.2, 0) is 16.1 Å². The molecule has 0 aromatic heterocycles. The van der Waals surface area contributed by atoms with Crippen molar-refractivity contribution in [2.45, 2.75) is 32.9 Å². The van der Waals surface area contributed by atoms with Crippen LogP contribution in [-0.4, -0.2) is 17.8 Å². The smallest absolute Gasteiger partial charge is 0.412 e. The number of nitrogens with zero attached hydrogens (tertiary/aromatic N) is 1. The summed E-state index contributed by atoms with van der Waals surface area (Å²) in [6.07, 6.45) is 0.936. The van der Waals surface area contributed by atoms with Gasteiger partial charge in [0.15, 0.2) is 0 Å². The summed E-state index contributed by atoms with van der Waals surface area (Å²) in [5.74, 6) is 0. The lowest BCUT2D eigenvalue weighted by Crippen LogP contribution is -2.27. The summed E-state index contributed by atoms with van der Waals surface area (Å²) in [5.41, 5.74) is 0.793.